The summed E-state index contributed by atoms with van der Waals surface area (Å²) >= 11 is 0. The van der Waals surface area contributed by atoms with Crippen molar-refractivity contribution in [3.05, 3.63) is 103 Å². The van der Waals surface area contributed by atoms with E-state index in [1.807, 2.05) is 0 Å². The fourth-order valence-electron chi connectivity index (χ4n) is 4.61. The molecule has 0 amide bonds. The minimum absolute atomic E-state index is 0.297. The summed E-state index contributed by atoms with van der Waals surface area (Å²) in [5.74, 6) is 0. The second-order valence-corrected chi connectivity index (χ2v) is 7.98. The minimum atomic E-state index is 0.297. The molecule has 2 heteroatoms. The fourth-order valence-corrected chi connectivity index (χ4v) is 4.61. The standard InChI is InChI=1S/C27H26N2/c1-20(24-15-7-11-22-9-3-5-13-26(22)24)28-17-18-29(19-28)21(2)25-16-8-12-23-10-4-6-14-27(23)25/h3-16,20-21H,17-18H2,1-2H3/t20-,21-/m1/s1. The normalized spacial score (nSPS) is 17.7. The molecule has 29 heavy (non-hydrogen) atoms. The molecule has 1 aliphatic heterocycles. The molecule has 4 aromatic rings. The van der Waals surface area contributed by atoms with Crippen molar-refractivity contribution in [2.24, 2.45) is 0 Å². The zero-order chi connectivity index (χ0) is 19.8. The molecule has 0 unspecified atom stereocenters. The van der Waals surface area contributed by atoms with Crippen LogP contribution in [0.4, 0.5) is 0 Å². The van der Waals surface area contributed by atoms with Gasteiger partial charge in [0.1, 0.15) is 6.67 Å². The molecule has 0 saturated carbocycles. The summed E-state index contributed by atoms with van der Waals surface area (Å²) in [5.41, 5.74) is 2.74. The monoisotopic (exact) mass is 378 g/mol. The highest BCUT2D eigenvalue weighted by Crippen LogP contribution is 2.35. The average Bonchev–Trinajstić information content (AvgIpc) is 3.28. The van der Waals surface area contributed by atoms with Gasteiger partial charge in [0.25, 0.3) is 0 Å². The highest BCUT2D eigenvalue weighted by atomic mass is 15.4. The number of benzene rings is 4. The molecule has 0 aromatic heterocycles. The first-order valence-corrected chi connectivity index (χ1v) is 10.5. The molecule has 5 rings (SSSR count). The van der Waals surface area contributed by atoms with Crippen LogP contribution in [0.2, 0.25) is 0 Å². The Bertz CT molecular complexity index is 1050. The van der Waals surface area contributed by atoms with Crippen molar-refractivity contribution in [2.75, 3.05) is 13.1 Å². The van der Waals surface area contributed by atoms with Gasteiger partial charge in [0.2, 0.25) is 0 Å². The Morgan fingerprint density at radius 1 is 0.586 bits per heavy atom. The topological polar surface area (TPSA) is 6.48 Å². The molecule has 0 N–H and O–H groups in total. The lowest BCUT2D eigenvalue weighted by Gasteiger charge is -2.27. The van der Waals surface area contributed by atoms with E-state index in [-0.39, 0.29) is 0 Å². The Morgan fingerprint density at radius 2 is 1.00 bits per heavy atom. The highest BCUT2D eigenvalue weighted by molar-refractivity contribution is 5.86. The van der Waals surface area contributed by atoms with Crippen molar-refractivity contribution in [3.63, 3.8) is 0 Å². The summed E-state index contributed by atoms with van der Waals surface area (Å²) in [4.78, 5) is 4.73. The van der Waals surface area contributed by atoms with Gasteiger partial charge in [-0.15, -0.1) is 0 Å². The lowest BCUT2D eigenvalue weighted by atomic mass is 9.99. The van der Waals surface area contributed by atoms with Gasteiger partial charge in [-0.25, -0.2) is 0 Å². The van der Waals surface area contributed by atoms with Gasteiger partial charge in [0.05, 0.1) is 0 Å². The third kappa shape index (κ3) is 3.33. The molecule has 144 valence electrons. The summed E-state index contributed by atoms with van der Waals surface area (Å²) in [7, 11) is 0. The van der Waals surface area contributed by atoms with E-state index in [2.05, 4.69) is 115 Å². The molecule has 0 spiro atoms. The van der Waals surface area contributed by atoms with Crippen molar-refractivity contribution in [3.8, 4) is 0 Å². The third-order valence-corrected chi connectivity index (χ3v) is 6.32. The molecule has 1 aliphatic rings. The molecule has 4 aromatic carbocycles. The summed E-state index contributed by atoms with van der Waals surface area (Å²) in [6.07, 6.45) is 0. The van der Waals surface area contributed by atoms with E-state index in [1.165, 1.54) is 32.7 Å². The number of fused-ring (bicyclic) bond motifs is 2. The van der Waals surface area contributed by atoms with Gasteiger partial charge in [-0.2, -0.15) is 0 Å². The second-order valence-electron chi connectivity index (χ2n) is 7.98. The maximum atomic E-state index is 3.68. The molecular formula is C27H26N2. The first-order chi connectivity index (χ1) is 14.2. The van der Waals surface area contributed by atoms with Crippen molar-refractivity contribution in [1.29, 1.82) is 0 Å². The Balaban J connectivity index is 1.39. The number of hydrogen-bond acceptors (Lipinski definition) is 2. The maximum Gasteiger partial charge on any atom is 0.147 e. The third-order valence-electron chi connectivity index (χ3n) is 6.32. The molecular weight excluding hydrogens is 352 g/mol. The van der Waals surface area contributed by atoms with Crippen molar-refractivity contribution in [2.45, 2.75) is 25.9 Å². The van der Waals surface area contributed by atoms with Crippen LogP contribution >= 0.6 is 0 Å². The SMILES string of the molecule is C[C@H](c1cccc2ccccc12)N1[C]N([C@H](C)c2cccc3ccccc23)CC1. The van der Waals surface area contributed by atoms with Gasteiger partial charge in [-0.05, 0) is 46.5 Å². The molecule has 0 bridgehead atoms. The van der Waals surface area contributed by atoms with Crippen LogP contribution in [0, 0.1) is 6.67 Å². The van der Waals surface area contributed by atoms with Crippen LogP contribution in [-0.2, 0) is 0 Å². The highest BCUT2D eigenvalue weighted by Gasteiger charge is 2.31. The van der Waals surface area contributed by atoms with E-state index in [9.17, 15) is 0 Å². The van der Waals surface area contributed by atoms with Crippen LogP contribution in [0.15, 0.2) is 84.9 Å². The van der Waals surface area contributed by atoms with Crippen LogP contribution in [-0.4, -0.2) is 22.9 Å². The molecule has 2 radical (unpaired) electrons. The molecule has 0 aliphatic carbocycles. The zero-order valence-corrected chi connectivity index (χ0v) is 17.0. The van der Waals surface area contributed by atoms with E-state index in [0.717, 1.165) is 13.1 Å². The van der Waals surface area contributed by atoms with E-state index >= 15 is 0 Å². The Kier molecular flexibility index (Phi) is 4.83. The van der Waals surface area contributed by atoms with Crippen LogP contribution in [0.3, 0.4) is 0 Å². The predicted octanol–water partition coefficient (Wildman–Crippen LogP) is 6.43. The van der Waals surface area contributed by atoms with Crippen LogP contribution in [0.1, 0.15) is 37.1 Å². The number of nitrogens with zero attached hydrogens (tertiary/aromatic N) is 2. The quantitative estimate of drug-likeness (QED) is 0.404. The van der Waals surface area contributed by atoms with Crippen LogP contribution in [0.5, 0.6) is 0 Å². The van der Waals surface area contributed by atoms with Crippen molar-refractivity contribution in [1.82, 2.24) is 9.80 Å². The zero-order valence-electron chi connectivity index (χ0n) is 17.0. The smallest absolute Gasteiger partial charge is 0.147 e. The largest absolute Gasteiger partial charge is 0.272 e. The van der Waals surface area contributed by atoms with Crippen LogP contribution in [0.25, 0.3) is 21.5 Å². The van der Waals surface area contributed by atoms with Gasteiger partial charge in [-0.3, -0.25) is 9.80 Å². The average molecular weight is 379 g/mol. The maximum absolute atomic E-state index is 3.68. The van der Waals surface area contributed by atoms with Gasteiger partial charge < -0.3 is 0 Å². The number of hydrogen-bond donors (Lipinski definition) is 0. The lowest BCUT2D eigenvalue weighted by Crippen LogP contribution is -2.24. The van der Waals surface area contributed by atoms with Crippen molar-refractivity contribution < 1.29 is 0 Å². The number of rotatable bonds is 4. The molecule has 1 heterocycles. The van der Waals surface area contributed by atoms with E-state index in [4.69, 9.17) is 0 Å². The summed E-state index contributed by atoms with van der Waals surface area (Å²) in [6, 6.07) is 31.1. The predicted molar refractivity (Wildman–Crippen MR) is 121 cm³/mol. The van der Waals surface area contributed by atoms with Crippen LogP contribution < -0.4 is 0 Å². The minimum Gasteiger partial charge on any atom is -0.272 e. The molecule has 1 fully saturated rings. The molecule has 1 saturated heterocycles. The Labute approximate surface area is 173 Å². The second kappa shape index (κ2) is 7.62. The molecule has 2 nitrogen and oxygen atoms in total. The van der Waals surface area contributed by atoms with Gasteiger partial charge >= 0.3 is 0 Å². The Morgan fingerprint density at radius 3 is 1.48 bits per heavy atom. The van der Waals surface area contributed by atoms with E-state index < -0.39 is 0 Å². The van der Waals surface area contributed by atoms with Gasteiger partial charge in [-0.1, -0.05) is 84.9 Å². The molecule has 2 atom stereocenters. The lowest BCUT2D eigenvalue weighted by molar-refractivity contribution is 0.243. The fraction of sp³-hybridized carbons (Fsp3) is 0.222. The summed E-state index contributed by atoms with van der Waals surface area (Å²) < 4.78 is 0. The summed E-state index contributed by atoms with van der Waals surface area (Å²) in [5, 5.41) is 5.28. The van der Waals surface area contributed by atoms with E-state index in [0.29, 0.717) is 12.1 Å². The first-order valence-electron chi connectivity index (χ1n) is 10.5. The van der Waals surface area contributed by atoms with Gasteiger partial charge in [0, 0.05) is 25.2 Å². The Hall–Kier alpha value is -2.68. The van der Waals surface area contributed by atoms with Crippen molar-refractivity contribution >= 4 is 21.5 Å². The first kappa shape index (κ1) is 18.4. The van der Waals surface area contributed by atoms with Gasteiger partial charge in [0.15, 0.2) is 0 Å². The summed E-state index contributed by atoms with van der Waals surface area (Å²) in [6.45, 7) is 10.3. The van der Waals surface area contributed by atoms with E-state index in [1.54, 1.807) is 0 Å².